The number of aromatic hydroxyl groups is 1. The summed E-state index contributed by atoms with van der Waals surface area (Å²) in [5, 5.41) is 24.0. The van der Waals surface area contributed by atoms with Gasteiger partial charge in [0.05, 0.1) is 12.0 Å². The van der Waals surface area contributed by atoms with Crippen LogP contribution >= 0.6 is 0 Å². The molecule has 0 aliphatic carbocycles. The zero-order valence-electron chi connectivity index (χ0n) is 13.7. The molecule has 122 valence electrons. The Morgan fingerprint density at radius 3 is 2.48 bits per heavy atom. The van der Waals surface area contributed by atoms with E-state index in [-0.39, 0.29) is 69.1 Å². The Bertz CT molecular complexity index is 889. The van der Waals surface area contributed by atoms with Crippen molar-refractivity contribution in [1.29, 1.82) is 0 Å². The largest absolute Gasteiger partial charge is 1.00 e. The smallest absolute Gasteiger partial charge is 0.548 e. The Hall–Kier alpha value is -1.64. The van der Waals surface area contributed by atoms with Gasteiger partial charge in [-0.25, -0.2) is 0 Å². The molecule has 25 heavy (non-hydrogen) atoms. The second-order valence-corrected chi connectivity index (χ2v) is 5.46. The topological polar surface area (TPSA) is 105 Å². The average molecular weight is 362 g/mol. The first kappa shape index (κ1) is 19.7. The van der Waals surface area contributed by atoms with Crippen LogP contribution < -0.4 is 61.8 Å². The summed E-state index contributed by atoms with van der Waals surface area (Å²) in [4.78, 5) is 26.6. The summed E-state index contributed by atoms with van der Waals surface area (Å²) >= 11 is 0. The maximum atomic E-state index is 12.2. The quantitative estimate of drug-likeness (QED) is 0.455. The number of H-pyrrole nitrogens is 1. The third kappa shape index (κ3) is 4.71. The Labute approximate surface area is 186 Å². The van der Waals surface area contributed by atoms with Gasteiger partial charge in [0.1, 0.15) is 5.75 Å². The van der Waals surface area contributed by atoms with Gasteiger partial charge in [-0.05, 0) is 35.9 Å². The van der Waals surface area contributed by atoms with E-state index >= 15 is 0 Å². The number of hydrogen-bond donors (Lipinski definition) is 3. The molecule has 0 aliphatic heterocycles. The van der Waals surface area contributed by atoms with Crippen LogP contribution in [0, 0.1) is 0 Å². The number of aromatic amines is 1. The first-order valence-electron chi connectivity index (χ1n) is 7.40. The van der Waals surface area contributed by atoms with E-state index in [0.717, 1.165) is 16.5 Å². The van der Waals surface area contributed by atoms with Gasteiger partial charge in [0, 0.05) is 29.1 Å². The Kier molecular flexibility index (Phi) is 6.80. The molecule has 0 spiro atoms. The number of aliphatic carboxylic acids is 1. The number of carboxylic acid groups (broad SMARTS) is 1. The summed E-state index contributed by atoms with van der Waals surface area (Å²) in [6.07, 6.45) is 1.84. The van der Waals surface area contributed by atoms with Gasteiger partial charge in [0.15, 0.2) is 0 Å². The summed E-state index contributed by atoms with van der Waals surface area (Å²) in [6, 6.07) is 11.9. The zero-order chi connectivity index (χ0) is 17.1. The first-order valence-corrected chi connectivity index (χ1v) is 7.40. The first-order chi connectivity index (χ1) is 11.5. The van der Waals surface area contributed by atoms with Crippen LogP contribution in [0.1, 0.15) is 15.9 Å². The van der Waals surface area contributed by atoms with E-state index < -0.39 is 17.9 Å². The third-order valence-electron chi connectivity index (χ3n) is 3.82. The van der Waals surface area contributed by atoms with Crippen molar-refractivity contribution in [3.63, 3.8) is 0 Å². The van der Waals surface area contributed by atoms with Crippen LogP contribution in [0.2, 0.25) is 0 Å². The number of carbonyl (C=O) groups is 2. The number of phenolic OH excluding ortho intramolecular Hbond substituents is 1. The van der Waals surface area contributed by atoms with E-state index in [2.05, 4.69) is 10.3 Å². The Morgan fingerprint density at radius 2 is 1.80 bits per heavy atom. The molecule has 7 heteroatoms. The number of hydrogen-bond acceptors (Lipinski definition) is 4. The Morgan fingerprint density at radius 1 is 1.12 bits per heavy atom. The van der Waals surface area contributed by atoms with E-state index in [4.69, 9.17) is 0 Å². The predicted octanol–water partition coefficient (Wildman–Crippen LogP) is -2.03. The van der Waals surface area contributed by atoms with E-state index in [1.54, 1.807) is 6.20 Å². The molecule has 1 heterocycles. The van der Waals surface area contributed by atoms with Crippen LogP contribution in [0.4, 0.5) is 0 Å². The van der Waals surface area contributed by atoms with Crippen molar-refractivity contribution in [2.45, 2.75) is 12.5 Å². The predicted molar refractivity (Wildman–Crippen MR) is 86.4 cm³/mol. The molecule has 0 unspecified atom stereocenters. The third-order valence-corrected chi connectivity index (χ3v) is 3.82. The van der Waals surface area contributed by atoms with Crippen molar-refractivity contribution in [3.8, 4) is 5.75 Å². The number of para-hydroxylation sites is 1. The van der Waals surface area contributed by atoms with Gasteiger partial charge < -0.3 is 25.3 Å². The molecule has 3 rings (SSSR count). The number of aromatic nitrogens is 1. The van der Waals surface area contributed by atoms with Gasteiger partial charge in [-0.1, -0.05) is 18.2 Å². The standard InChI is InChI=1S/C18H16N2O4.K/c21-13-7-5-11(6-8-13)17(22)20-16(18(23)24)9-12-10-19-15-4-2-1-3-14(12)15;/h1-8,10,16,19,21H,9H2,(H,20,22)(H,23,24);/q;+1/p-1/t16-;/m0./s1. The molecular formula is C18H15KN2O4. The summed E-state index contributed by atoms with van der Waals surface area (Å²) < 4.78 is 0. The van der Waals surface area contributed by atoms with E-state index in [0.29, 0.717) is 0 Å². The van der Waals surface area contributed by atoms with Crippen molar-refractivity contribution in [2.24, 2.45) is 0 Å². The van der Waals surface area contributed by atoms with Gasteiger partial charge >= 0.3 is 51.4 Å². The molecule has 3 N–H and O–H groups in total. The van der Waals surface area contributed by atoms with Gasteiger partial charge in [-0.3, -0.25) is 4.79 Å². The summed E-state index contributed by atoms with van der Waals surface area (Å²) in [5.74, 6) is -1.86. The molecule has 0 aliphatic rings. The van der Waals surface area contributed by atoms with Gasteiger partial charge in [-0.15, -0.1) is 0 Å². The van der Waals surface area contributed by atoms with E-state index in [9.17, 15) is 19.8 Å². The fraction of sp³-hybridized carbons (Fsp3) is 0.111. The number of phenols is 1. The van der Waals surface area contributed by atoms with Crippen LogP contribution in [-0.2, 0) is 11.2 Å². The fourth-order valence-electron chi connectivity index (χ4n) is 2.57. The summed E-state index contributed by atoms with van der Waals surface area (Å²) in [7, 11) is 0. The normalized spacial score (nSPS) is 11.5. The molecule has 3 aromatic rings. The number of nitrogens with one attached hydrogen (secondary N) is 2. The number of amides is 1. The number of benzene rings is 2. The van der Waals surface area contributed by atoms with Crippen LogP contribution in [0.25, 0.3) is 10.9 Å². The van der Waals surface area contributed by atoms with E-state index in [1.807, 2.05) is 24.3 Å². The molecule has 2 aromatic carbocycles. The van der Waals surface area contributed by atoms with Crippen molar-refractivity contribution in [2.75, 3.05) is 0 Å². The minimum atomic E-state index is -1.35. The molecule has 1 atom stereocenters. The SMILES string of the molecule is O=C(N[C@@H](Cc1c[nH]c2ccccc12)C(=O)[O-])c1ccc(O)cc1.[K+]. The Balaban J connectivity index is 0.00000225. The van der Waals surface area contributed by atoms with Crippen molar-refractivity contribution in [1.82, 2.24) is 10.3 Å². The van der Waals surface area contributed by atoms with Crippen LogP contribution in [0.5, 0.6) is 5.75 Å². The molecule has 0 radical (unpaired) electrons. The monoisotopic (exact) mass is 362 g/mol. The fourth-order valence-corrected chi connectivity index (χ4v) is 2.57. The van der Waals surface area contributed by atoms with Crippen LogP contribution in [-0.4, -0.2) is 28.0 Å². The second kappa shape index (κ2) is 8.64. The van der Waals surface area contributed by atoms with Gasteiger partial charge in [0.25, 0.3) is 5.91 Å². The molecule has 1 aromatic heterocycles. The maximum absolute atomic E-state index is 12.2. The van der Waals surface area contributed by atoms with Gasteiger partial charge in [0.2, 0.25) is 0 Å². The zero-order valence-corrected chi connectivity index (χ0v) is 16.8. The number of carbonyl (C=O) groups excluding carboxylic acids is 2. The second-order valence-electron chi connectivity index (χ2n) is 5.46. The van der Waals surface area contributed by atoms with Crippen molar-refractivity contribution < 1.29 is 71.2 Å². The maximum Gasteiger partial charge on any atom is 1.00 e. The van der Waals surface area contributed by atoms with Crippen LogP contribution in [0.3, 0.4) is 0 Å². The molecule has 0 saturated heterocycles. The minimum absolute atomic E-state index is 0. The van der Waals surface area contributed by atoms with Gasteiger partial charge in [-0.2, -0.15) is 0 Å². The summed E-state index contributed by atoms with van der Waals surface area (Å²) in [6.45, 7) is 0. The van der Waals surface area contributed by atoms with Crippen LogP contribution in [0.15, 0.2) is 54.7 Å². The molecule has 6 nitrogen and oxygen atoms in total. The number of carboxylic acids is 1. The van der Waals surface area contributed by atoms with Crippen molar-refractivity contribution in [3.05, 3.63) is 65.9 Å². The molecule has 0 bridgehead atoms. The average Bonchev–Trinajstić information content (AvgIpc) is 2.98. The summed E-state index contributed by atoms with van der Waals surface area (Å²) in [5.41, 5.74) is 1.94. The molecule has 0 fully saturated rings. The number of rotatable bonds is 5. The minimum Gasteiger partial charge on any atom is -0.548 e. The molecular weight excluding hydrogens is 347 g/mol. The molecule has 1 amide bonds. The van der Waals surface area contributed by atoms with Crippen molar-refractivity contribution >= 4 is 22.8 Å². The molecule has 0 saturated carbocycles. The van der Waals surface area contributed by atoms with E-state index in [1.165, 1.54) is 24.3 Å². The number of fused-ring (bicyclic) bond motifs is 1.